The molecule has 0 saturated carbocycles. The van der Waals surface area contributed by atoms with Crippen LogP contribution in [0.2, 0.25) is 0 Å². The van der Waals surface area contributed by atoms with Gasteiger partial charge in [0.25, 0.3) is 0 Å². The van der Waals surface area contributed by atoms with Crippen LogP contribution in [-0.4, -0.2) is 41.1 Å². The molecule has 5 heteroatoms. The van der Waals surface area contributed by atoms with Crippen LogP contribution in [0.5, 0.6) is 0 Å². The summed E-state index contributed by atoms with van der Waals surface area (Å²) in [7, 11) is 3.68. The number of rotatable bonds is 4. The van der Waals surface area contributed by atoms with Crippen LogP contribution < -0.4 is 5.73 Å². The summed E-state index contributed by atoms with van der Waals surface area (Å²) in [6, 6.07) is 6.52. The van der Waals surface area contributed by atoms with Crippen molar-refractivity contribution in [1.82, 2.24) is 9.88 Å². The number of nitrogens with two attached hydrogens (primary N) is 1. The molecule has 1 aromatic carbocycles. The summed E-state index contributed by atoms with van der Waals surface area (Å²) in [5.74, 6) is -0.997. The van der Waals surface area contributed by atoms with Gasteiger partial charge in [-0.3, -0.25) is 4.79 Å². The minimum Gasteiger partial charge on any atom is -0.480 e. The quantitative estimate of drug-likeness (QED) is 0.778. The number of aromatic nitrogens is 1. The smallest absolute Gasteiger partial charge is 0.322 e. The van der Waals surface area contributed by atoms with Gasteiger partial charge in [-0.1, -0.05) is 18.2 Å². The standard InChI is InChI=1S/C14H19N3O2/c1-8-11(9-6-4-5-7-10(9)16-8)13(17(2)3)12(15)14(18)19/h4-7,12-13,16H,15H2,1-3H3,(H,18,19). The average Bonchev–Trinajstić information content (AvgIpc) is 2.66. The zero-order chi connectivity index (χ0) is 14.2. The predicted octanol–water partition coefficient (Wildman–Crippen LogP) is 1.49. The number of hydrogen-bond donors (Lipinski definition) is 3. The van der Waals surface area contributed by atoms with E-state index in [4.69, 9.17) is 5.73 Å². The lowest BCUT2D eigenvalue weighted by Gasteiger charge is -2.28. The van der Waals surface area contributed by atoms with Crippen molar-refractivity contribution in [3.05, 3.63) is 35.5 Å². The van der Waals surface area contributed by atoms with E-state index in [0.717, 1.165) is 22.2 Å². The molecule has 1 heterocycles. The van der Waals surface area contributed by atoms with E-state index in [9.17, 15) is 9.90 Å². The van der Waals surface area contributed by atoms with Crippen molar-refractivity contribution in [2.75, 3.05) is 14.1 Å². The number of aliphatic carboxylic acids is 1. The zero-order valence-electron chi connectivity index (χ0n) is 11.3. The van der Waals surface area contributed by atoms with Gasteiger partial charge in [0.2, 0.25) is 0 Å². The SMILES string of the molecule is Cc1[nH]c2ccccc2c1C(C(N)C(=O)O)N(C)C. The highest BCUT2D eigenvalue weighted by atomic mass is 16.4. The number of H-pyrrole nitrogens is 1. The second-order valence-corrected chi connectivity index (χ2v) is 4.98. The van der Waals surface area contributed by atoms with Crippen LogP contribution in [0.4, 0.5) is 0 Å². The maximum Gasteiger partial charge on any atom is 0.322 e. The number of carboxylic acid groups (broad SMARTS) is 1. The van der Waals surface area contributed by atoms with E-state index in [0.29, 0.717) is 0 Å². The molecule has 2 unspecified atom stereocenters. The predicted molar refractivity (Wildman–Crippen MR) is 75.1 cm³/mol. The van der Waals surface area contributed by atoms with Crippen molar-refractivity contribution < 1.29 is 9.90 Å². The van der Waals surface area contributed by atoms with Gasteiger partial charge in [0.05, 0.1) is 6.04 Å². The molecule has 0 amide bonds. The summed E-state index contributed by atoms with van der Waals surface area (Å²) < 4.78 is 0. The summed E-state index contributed by atoms with van der Waals surface area (Å²) in [6.07, 6.45) is 0. The van der Waals surface area contributed by atoms with E-state index in [2.05, 4.69) is 4.98 Å². The van der Waals surface area contributed by atoms with Crippen molar-refractivity contribution in [3.63, 3.8) is 0 Å². The molecule has 0 aliphatic rings. The Bertz CT molecular complexity index is 604. The maximum atomic E-state index is 11.2. The Kier molecular flexibility index (Phi) is 3.59. The average molecular weight is 261 g/mol. The number of carboxylic acids is 1. The third-order valence-corrected chi connectivity index (χ3v) is 3.42. The van der Waals surface area contributed by atoms with Crippen LogP contribution in [0.1, 0.15) is 17.3 Å². The first-order valence-corrected chi connectivity index (χ1v) is 6.15. The molecule has 19 heavy (non-hydrogen) atoms. The largest absolute Gasteiger partial charge is 0.480 e. The summed E-state index contributed by atoms with van der Waals surface area (Å²) in [5.41, 5.74) is 8.77. The Hall–Kier alpha value is -1.85. The van der Waals surface area contributed by atoms with Crippen LogP contribution in [0.25, 0.3) is 10.9 Å². The van der Waals surface area contributed by atoms with Gasteiger partial charge < -0.3 is 20.7 Å². The van der Waals surface area contributed by atoms with Gasteiger partial charge in [0.1, 0.15) is 6.04 Å². The van der Waals surface area contributed by atoms with Crippen LogP contribution in [0.15, 0.2) is 24.3 Å². The summed E-state index contributed by atoms with van der Waals surface area (Å²) in [5, 5.41) is 10.2. The number of aromatic amines is 1. The lowest BCUT2D eigenvalue weighted by molar-refractivity contribution is -0.140. The Morgan fingerprint density at radius 3 is 2.58 bits per heavy atom. The molecule has 4 N–H and O–H groups in total. The highest BCUT2D eigenvalue weighted by Crippen LogP contribution is 2.31. The third kappa shape index (κ3) is 2.34. The lowest BCUT2D eigenvalue weighted by Crippen LogP contribution is -2.43. The Labute approximate surface area is 112 Å². The molecular weight excluding hydrogens is 242 g/mol. The molecule has 1 aromatic heterocycles. The molecule has 0 aliphatic heterocycles. The van der Waals surface area contributed by atoms with Crippen molar-refractivity contribution in [2.24, 2.45) is 5.73 Å². The first-order chi connectivity index (χ1) is 8.93. The molecule has 5 nitrogen and oxygen atoms in total. The van der Waals surface area contributed by atoms with Crippen LogP contribution >= 0.6 is 0 Å². The Morgan fingerprint density at radius 1 is 1.37 bits per heavy atom. The Balaban J connectivity index is 2.62. The van der Waals surface area contributed by atoms with Crippen molar-refractivity contribution in [1.29, 1.82) is 0 Å². The van der Waals surface area contributed by atoms with E-state index >= 15 is 0 Å². The number of hydrogen-bond acceptors (Lipinski definition) is 3. The van der Waals surface area contributed by atoms with E-state index in [1.807, 2.05) is 50.2 Å². The number of nitrogens with zero attached hydrogens (tertiary/aromatic N) is 1. The fraction of sp³-hybridized carbons (Fsp3) is 0.357. The highest BCUT2D eigenvalue weighted by molar-refractivity contribution is 5.86. The first kappa shape index (κ1) is 13.6. The van der Waals surface area contributed by atoms with Gasteiger partial charge >= 0.3 is 5.97 Å². The number of fused-ring (bicyclic) bond motifs is 1. The maximum absolute atomic E-state index is 11.2. The second-order valence-electron chi connectivity index (χ2n) is 4.98. The van der Waals surface area contributed by atoms with Crippen molar-refractivity contribution in [3.8, 4) is 0 Å². The summed E-state index contributed by atoms with van der Waals surface area (Å²) in [4.78, 5) is 16.4. The number of aryl methyl sites for hydroxylation is 1. The monoisotopic (exact) mass is 261 g/mol. The minimum atomic E-state index is -0.997. The van der Waals surface area contributed by atoms with Gasteiger partial charge in [0, 0.05) is 16.6 Å². The van der Waals surface area contributed by atoms with Gasteiger partial charge in [-0.15, -0.1) is 0 Å². The fourth-order valence-corrected chi connectivity index (χ4v) is 2.57. The number of benzene rings is 1. The van der Waals surface area contributed by atoms with Gasteiger partial charge in [-0.2, -0.15) is 0 Å². The molecule has 2 atom stereocenters. The van der Waals surface area contributed by atoms with Gasteiger partial charge in [-0.25, -0.2) is 0 Å². The van der Waals surface area contributed by atoms with Gasteiger partial charge in [-0.05, 0) is 32.6 Å². The lowest BCUT2D eigenvalue weighted by atomic mass is 9.96. The Morgan fingerprint density at radius 2 is 2.00 bits per heavy atom. The van der Waals surface area contributed by atoms with E-state index in [-0.39, 0.29) is 6.04 Å². The molecule has 0 aliphatic carbocycles. The molecule has 0 spiro atoms. The minimum absolute atomic E-state index is 0.367. The van der Waals surface area contributed by atoms with Crippen LogP contribution in [0, 0.1) is 6.92 Å². The third-order valence-electron chi connectivity index (χ3n) is 3.42. The normalized spacial score (nSPS) is 14.8. The fourth-order valence-electron chi connectivity index (χ4n) is 2.57. The molecule has 0 bridgehead atoms. The number of carbonyl (C=O) groups is 1. The molecule has 2 aromatic rings. The zero-order valence-corrected chi connectivity index (χ0v) is 11.3. The summed E-state index contributed by atoms with van der Waals surface area (Å²) >= 11 is 0. The topological polar surface area (TPSA) is 82.3 Å². The molecular formula is C14H19N3O2. The van der Waals surface area contributed by atoms with Crippen LogP contribution in [-0.2, 0) is 4.79 Å². The molecule has 0 fully saturated rings. The molecule has 2 rings (SSSR count). The van der Waals surface area contributed by atoms with E-state index in [1.54, 1.807) is 0 Å². The summed E-state index contributed by atoms with van der Waals surface area (Å²) in [6.45, 7) is 1.94. The number of likely N-dealkylation sites (N-methyl/N-ethyl adjacent to an activating group) is 1. The van der Waals surface area contributed by atoms with Crippen molar-refractivity contribution in [2.45, 2.75) is 19.0 Å². The van der Waals surface area contributed by atoms with Crippen LogP contribution in [0.3, 0.4) is 0 Å². The second kappa shape index (κ2) is 5.03. The van der Waals surface area contributed by atoms with Crippen molar-refractivity contribution >= 4 is 16.9 Å². The molecule has 0 saturated heterocycles. The first-order valence-electron chi connectivity index (χ1n) is 6.15. The number of para-hydroxylation sites is 1. The van der Waals surface area contributed by atoms with Gasteiger partial charge in [0.15, 0.2) is 0 Å². The number of nitrogens with one attached hydrogen (secondary N) is 1. The highest BCUT2D eigenvalue weighted by Gasteiger charge is 2.31. The van der Waals surface area contributed by atoms with E-state index < -0.39 is 12.0 Å². The molecule has 102 valence electrons. The molecule has 0 radical (unpaired) electrons. The van der Waals surface area contributed by atoms with E-state index in [1.165, 1.54) is 0 Å².